The second kappa shape index (κ2) is 8.66. The summed E-state index contributed by atoms with van der Waals surface area (Å²) < 4.78 is 5.95. The Labute approximate surface area is 179 Å². The molecule has 160 valence electrons. The zero-order valence-electron chi connectivity index (χ0n) is 18.3. The van der Waals surface area contributed by atoms with Gasteiger partial charge >= 0.3 is 5.97 Å². The molecule has 5 nitrogen and oxygen atoms in total. The minimum Gasteiger partial charge on any atom is -0.459 e. The van der Waals surface area contributed by atoms with E-state index < -0.39 is 0 Å². The number of hydrogen-bond acceptors (Lipinski definition) is 5. The lowest BCUT2D eigenvalue weighted by atomic mass is 9.75. The van der Waals surface area contributed by atoms with Gasteiger partial charge in [0, 0.05) is 49.1 Å². The van der Waals surface area contributed by atoms with E-state index in [0.717, 1.165) is 66.7 Å². The highest BCUT2D eigenvalue weighted by molar-refractivity contribution is 6.03. The van der Waals surface area contributed by atoms with Crippen LogP contribution in [0.1, 0.15) is 69.8 Å². The summed E-state index contributed by atoms with van der Waals surface area (Å²) >= 11 is 0. The Kier molecular flexibility index (Phi) is 5.98. The number of dihydropyridines is 1. The third kappa shape index (κ3) is 4.03. The molecule has 0 radical (unpaired) electrons. The average Bonchev–Trinajstić information content (AvgIpc) is 2.73. The predicted octanol–water partition coefficient (Wildman–Crippen LogP) is 4.60. The lowest BCUT2D eigenvalue weighted by molar-refractivity contribution is -0.146. The van der Waals surface area contributed by atoms with E-state index in [-0.39, 0.29) is 23.8 Å². The smallest absolute Gasteiger partial charge is 0.337 e. The summed E-state index contributed by atoms with van der Waals surface area (Å²) in [5, 5.41) is 3.38. The number of nitrogens with zero attached hydrogens (tertiary/aromatic N) is 1. The van der Waals surface area contributed by atoms with Crippen LogP contribution in [0.3, 0.4) is 0 Å². The average molecular weight is 409 g/mol. The number of carbonyl (C=O) groups is 2. The van der Waals surface area contributed by atoms with Crippen LogP contribution < -0.4 is 10.2 Å². The van der Waals surface area contributed by atoms with Crippen molar-refractivity contribution in [2.24, 2.45) is 0 Å². The maximum Gasteiger partial charge on any atom is 0.337 e. The van der Waals surface area contributed by atoms with Crippen LogP contribution in [0, 0.1) is 0 Å². The van der Waals surface area contributed by atoms with Crippen molar-refractivity contribution in [1.29, 1.82) is 0 Å². The zero-order chi connectivity index (χ0) is 21.3. The first kappa shape index (κ1) is 20.7. The molecule has 30 heavy (non-hydrogen) atoms. The quantitative estimate of drug-likeness (QED) is 0.738. The summed E-state index contributed by atoms with van der Waals surface area (Å²) in [5.41, 5.74) is 5.18. The Bertz CT molecular complexity index is 889. The fraction of sp³-hybridized carbons (Fsp3) is 0.520. The van der Waals surface area contributed by atoms with E-state index in [0.29, 0.717) is 12.0 Å². The van der Waals surface area contributed by atoms with E-state index in [2.05, 4.69) is 5.32 Å². The molecule has 5 heteroatoms. The fourth-order valence-electron chi connectivity index (χ4n) is 4.95. The number of hydrogen-bond donors (Lipinski definition) is 1. The molecule has 0 unspecified atom stereocenters. The van der Waals surface area contributed by atoms with Gasteiger partial charge in [-0.15, -0.1) is 0 Å². The van der Waals surface area contributed by atoms with Gasteiger partial charge in [-0.25, -0.2) is 4.79 Å². The molecule has 1 aliphatic heterocycles. The molecule has 0 saturated heterocycles. The summed E-state index contributed by atoms with van der Waals surface area (Å²) in [6, 6.07) is 8.17. The van der Waals surface area contributed by atoms with Crippen molar-refractivity contribution in [3.63, 3.8) is 0 Å². The van der Waals surface area contributed by atoms with Crippen molar-refractivity contribution < 1.29 is 14.3 Å². The van der Waals surface area contributed by atoms with Gasteiger partial charge < -0.3 is 15.0 Å². The van der Waals surface area contributed by atoms with Crippen LogP contribution in [0.15, 0.2) is 46.8 Å². The number of anilines is 1. The normalized spacial score (nSPS) is 22.5. The van der Waals surface area contributed by atoms with Gasteiger partial charge in [-0.1, -0.05) is 18.6 Å². The van der Waals surface area contributed by atoms with Crippen LogP contribution in [-0.2, 0) is 14.3 Å². The molecular formula is C25H32N2O3. The molecule has 1 saturated carbocycles. The maximum absolute atomic E-state index is 13.4. The molecule has 4 rings (SSSR count). The van der Waals surface area contributed by atoms with Crippen LogP contribution in [0.4, 0.5) is 5.69 Å². The summed E-state index contributed by atoms with van der Waals surface area (Å²) in [6.07, 6.45) is 7.51. The third-order valence-electron chi connectivity index (χ3n) is 6.56. The van der Waals surface area contributed by atoms with Gasteiger partial charge in [-0.2, -0.15) is 0 Å². The van der Waals surface area contributed by atoms with Gasteiger partial charge in [0.2, 0.25) is 0 Å². The molecule has 1 heterocycles. The van der Waals surface area contributed by atoms with Crippen molar-refractivity contribution in [2.45, 2.75) is 70.3 Å². The van der Waals surface area contributed by atoms with E-state index in [1.165, 1.54) is 6.42 Å². The van der Waals surface area contributed by atoms with E-state index in [1.807, 2.05) is 50.2 Å². The Morgan fingerprint density at radius 3 is 2.40 bits per heavy atom. The Morgan fingerprint density at radius 2 is 1.73 bits per heavy atom. The van der Waals surface area contributed by atoms with Crippen molar-refractivity contribution in [1.82, 2.24) is 5.32 Å². The topological polar surface area (TPSA) is 58.6 Å². The van der Waals surface area contributed by atoms with Gasteiger partial charge in [0.05, 0.1) is 5.57 Å². The molecule has 2 aliphatic carbocycles. The van der Waals surface area contributed by atoms with Gasteiger partial charge in [0.15, 0.2) is 5.78 Å². The fourth-order valence-corrected chi connectivity index (χ4v) is 4.95. The van der Waals surface area contributed by atoms with E-state index in [4.69, 9.17) is 4.74 Å². The molecule has 3 aliphatic rings. The van der Waals surface area contributed by atoms with Gasteiger partial charge in [0.25, 0.3) is 0 Å². The minimum atomic E-state index is -0.360. The number of Topliss-reactive ketones (excluding diaryl/α,β-unsaturated/α-hetero) is 1. The highest BCUT2D eigenvalue weighted by Gasteiger charge is 2.39. The van der Waals surface area contributed by atoms with Crippen LogP contribution >= 0.6 is 0 Å². The third-order valence-corrected chi connectivity index (χ3v) is 6.56. The number of esters is 1. The van der Waals surface area contributed by atoms with Crippen molar-refractivity contribution in [3.05, 3.63) is 52.4 Å². The minimum absolute atomic E-state index is 0.0132. The lowest BCUT2D eigenvalue weighted by Gasteiger charge is -2.35. The number of ketones is 1. The Balaban J connectivity index is 1.72. The van der Waals surface area contributed by atoms with Crippen LogP contribution in [0.5, 0.6) is 0 Å². The molecule has 1 fully saturated rings. The number of allylic oxidation sites excluding steroid dienone is 3. The number of carbonyl (C=O) groups excluding carboxylic acids is 2. The Morgan fingerprint density at radius 1 is 1.03 bits per heavy atom. The van der Waals surface area contributed by atoms with Crippen LogP contribution in [0.25, 0.3) is 0 Å². The van der Waals surface area contributed by atoms with Crippen molar-refractivity contribution in [3.8, 4) is 0 Å². The number of nitrogens with one attached hydrogen (secondary N) is 1. The van der Waals surface area contributed by atoms with E-state index in [1.54, 1.807) is 0 Å². The molecule has 0 aromatic heterocycles. The summed E-state index contributed by atoms with van der Waals surface area (Å²) in [7, 11) is 4.00. The van der Waals surface area contributed by atoms with E-state index in [9.17, 15) is 9.59 Å². The molecule has 1 aromatic rings. The predicted molar refractivity (Wildman–Crippen MR) is 118 cm³/mol. The van der Waals surface area contributed by atoms with Crippen LogP contribution in [0.2, 0.25) is 0 Å². The van der Waals surface area contributed by atoms with E-state index >= 15 is 0 Å². The van der Waals surface area contributed by atoms with Crippen molar-refractivity contribution in [2.75, 3.05) is 19.0 Å². The first-order valence-corrected chi connectivity index (χ1v) is 11.2. The largest absolute Gasteiger partial charge is 0.459 e. The van der Waals surface area contributed by atoms with Crippen LogP contribution in [-0.4, -0.2) is 32.0 Å². The SMILES string of the molecule is CC1=C(C(=O)OC2CCCCC2)[C@@H](c2ccc(N(C)C)cc2)C2=C(CCCC2=O)N1. The van der Waals surface area contributed by atoms with Gasteiger partial charge in [-0.05, 0) is 63.1 Å². The maximum atomic E-state index is 13.4. The molecule has 1 atom stereocenters. The molecular weight excluding hydrogens is 376 g/mol. The first-order chi connectivity index (χ1) is 14.5. The van der Waals surface area contributed by atoms with Gasteiger partial charge in [-0.3, -0.25) is 4.79 Å². The number of rotatable bonds is 4. The standard InChI is InChI=1S/C25H32N2O3/c1-16-22(25(29)30-19-8-5-4-6-9-19)23(17-12-14-18(15-13-17)27(2)3)24-20(26-16)10-7-11-21(24)28/h12-15,19,23,26H,4-11H2,1-3H3/t23-/m1/s1. The zero-order valence-corrected chi connectivity index (χ0v) is 18.3. The molecule has 0 amide bonds. The van der Waals surface area contributed by atoms with Gasteiger partial charge in [0.1, 0.15) is 6.10 Å². The molecule has 0 bridgehead atoms. The molecule has 0 spiro atoms. The van der Waals surface area contributed by atoms with Crippen molar-refractivity contribution >= 4 is 17.4 Å². The molecule has 1 N–H and O–H groups in total. The lowest BCUT2D eigenvalue weighted by Crippen LogP contribution is -2.35. The first-order valence-electron chi connectivity index (χ1n) is 11.2. The summed E-state index contributed by atoms with van der Waals surface area (Å²) in [6.45, 7) is 1.93. The summed E-state index contributed by atoms with van der Waals surface area (Å²) in [5.74, 6) is -0.499. The monoisotopic (exact) mass is 408 g/mol. The highest BCUT2D eigenvalue weighted by Crippen LogP contribution is 2.43. The Hall–Kier alpha value is -2.56. The summed E-state index contributed by atoms with van der Waals surface area (Å²) in [4.78, 5) is 28.4. The molecule has 1 aromatic carbocycles. The highest BCUT2D eigenvalue weighted by atomic mass is 16.5. The number of ether oxygens (including phenoxy) is 1. The second-order valence-corrected chi connectivity index (χ2v) is 8.92. The second-order valence-electron chi connectivity index (χ2n) is 8.92. The number of benzene rings is 1.